The van der Waals surface area contributed by atoms with Crippen LogP contribution in [0.15, 0.2) is 11.6 Å². The Morgan fingerprint density at radius 1 is 1.00 bits per heavy atom. The standard InChI is InChI=1S/C13H18O/c14-13-8-9-4-3-7-10(9)11-5-1-2-6-12(11)13/h8,10-12H,1-7H2/t10-,11+,12-/m1/s1. The quantitative estimate of drug-likeness (QED) is 0.573. The van der Waals surface area contributed by atoms with Crippen molar-refractivity contribution in [2.75, 3.05) is 0 Å². The molecule has 0 radical (unpaired) electrons. The number of carbonyl (C=O) groups is 1. The second-order valence-corrected chi connectivity index (χ2v) is 5.18. The van der Waals surface area contributed by atoms with Crippen molar-refractivity contribution in [1.29, 1.82) is 0 Å². The number of hydrogen-bond acceptors (Lipinski definition) is 1. The summed E-state index contributed by atoms with van der Waals surface area (Å²) in [5.74, 6) is 2.41. The van der Waals surface area contributed by atoms with Gasteiger partial charge in [-0.2, -0.15) is 0 Å². The van der Waals surface area contributed by atoms with E-state index in [0.717, 1.165) is 11.8 Å². The molecule has 0 aliphatic heterocycles. The van der Waals surface area contributed by atoms with E-state index in [1.54, 1.807) is 0 Å². The molecule has 2 saturated carbocycles. The molecule has 0 spiro atoms. The molecule has 14 heavy (non-hydrogen) atoms. The van der Waals surface area contributed by atoms with Gasteiger partial charge in [0.2, 0.25) is 0 Å². The Balaban J connectivity index is 1.94. The Bertz CT molecular complexity index is 290. The van der Waals surface area contributed by atoms with Gasteiger partial charge in [-0.25, -0.2) is 0 Å². The molecule has 3 aliphatic rings. The highest BCUT2D eigenvalue weighted by Crippen LogP contribution is 2.48. The van der Waals surface area contributed by atoms with E-state index in [1.807, 2.05) is 6.08 Å². The number of carbonyl (C=O) groups excluding carboxylic acids is 1. The van der Waals surface area contributed by atoms with E-state index in [-0.39, 0.29) is 0 Å². The van der Waals surface area contributed by atoms with Gasteiger partial charge in [-0.3, -0.25) is 4.79 Å². The topological polar surface area (TPSA) is 17.1 Å². The predicted octanol–water partition coefficient (Wildman–Crippen LogP) is 3.10. The zero-order valence-electron chi connectivity index (χ0n) is 8.67. The highest BCUT2D eigenvalue weighted by molar-refractivity contribution is 5.93. The van der Waals surface area contributed by atoms with E-state index in [9.17, 15) is 4.79 Å². The van der Waals surface area contributed by atoms with Gasteiger partial charge in [0.15, 0.2) is 5.78 Å². The van der Waals surface area contributed by atoms with E-state index < -0.39 is 0 Å². The Morgan fingerprint density at radius 3 is 2.71 bits per heavy atom. The number of rotatable bonds is 0. The van der Waals surface area contributed by atoms with Crippen molar-refractivity contribution >= 4 is 5.78 Å². The molecule has 0 saturated heterocycles. The molecule has 0 aromatic heterocycles. The lowest BCUT2D eigenvalue weighted by Crippen LogP contribution is -2.35. The minimum Gasteiger partial charge on any atom is -0.295 e. The summed E-state index contributed by atoms with van der Waals surface area (Å²) in [4.78, 5) is 11.9. The maximum Gasteiger partial charge on any atom is 0.159 e. The fourth-order valence-corrected chi connectivity index (χ4v) is 3.85. The molecule has 1 nitrogen and oxygen atoms in total. The summed E-state index contributed by atoms with van der Waals surface area (Å²) in [6.07, 6.45) is 11.0. The first kappa shape index (κ1) is 8.70. The summed E-state index contributed by atoms with van der Waals surface area (Å²) < 4.78 is 0. The van der Waals surface area contributed by atoms with Gasteiger partial charge in [0.1, 0.15) is 0 Å². The van der Waals surface area contributed by atoms with Gasteiger partial charge in [0.05, 0.1) is 0 Å². The first-order valence-electron chi connectivity index (χ1n) is 6.10. The second-order valence-electron chi connectivity index (χ2n) is 5.18. The molecule has 2 fully saturated rings. The van der Waals surface area contributed by atoms with Crippen molar-refractivity contribution in [2.24, 2.45) is 17.8 Å². The van der Waals surface area contributed by atoms with Gasteiger partial charge in [-0.15, -0.1) is 0 Å². The largest absolute Gasteiger partial charge is 0.295 e. The third kappa shape index (κ3) is 1.18. The van der Waals surface area contributed by atoms with Crippen molar-refractivity contribution in [1.82, 2.24) is 0 Å². The van der Waals surface area contributed by atoms with Gasteiger partial charge in [0.25, 0.3) is 0 Å². The molecule has 0 N–H and O–H groups in total. The fourth-order valence-electron chi connectivity index (χ4n) is 3.85. The van der Waals surface area contributed by atoms with Gasteiger partial charge in [-0.1, -0.05) is 18.4 Å². The van der Waals surface area contributed by atoms with Crippen LogP contribution < -0.4 is 0 Å². The highest BCUT2D eigenvalue weighted by atomic mass is 16.1. The lowest BCUT2D eigenvalue weighted by atomic mass is 9.66. The molecule has 3 rings (SSSR count). The van der Waals surface area contributed by atoms with E-state index >= 15 is 0 Å². The second kappa shape index (κ2) is 3.22. The van der Waals surface area contributed by atoms with Crippen molar-refractivity contribution < 1.29 is 4.79 Å². The molecule has 0 aromatic carbocycles. The minimum atomic E-state index is 0.413. The average molecular weight is 190 g/mol. The van der Waals surface area contributed by atoms with Crippen molar-refractivity contribution in [3.8, 4) is 0 Å². The van der Waals surface area contributed by atoms with Gasteiger partial charge in [0, 0.05) is 5.92 Å². The Morgan fingerprint density at radius 2 is 1.79 bits per heavy atom. The molecule has 0 aromatic rings. The normalized spacial score (nSPS) is 41.6. The zero-order valence-corrected chi connectivity index (χ0v) is 8.67. The Hall–Kier alpha value is -0.590. The summed E-state index contributed by atoms with van der Waals surface area (Å²) in [6, 6.07) is 0. The van der Waals surface area contributed by atoms with Crippen LogP contribution in [-0.4, -0.2) is 5.78 Å². The molecular weight excluding hydrogens is 172 g/mol. The van der Waals surface area contributed by atoms with Crippen LogP contribution in [0.1, 0.15) is 44.9 Å². The van der Waals surface area contributed by atoms with Crippen molar-refractivity contribution in [3.05, 3.63) is 11.6 Å². The number of fused-ring (bicyclic) bond motifs is 3. The van der Waals surface area contributed by atoms with Crippen molar-refractivity contribution in [2.45, 2.75) is 44.9 Å². The van der Waals surface area contributed by atoms with Crippen LogP contribution in [0.2, 0.25) is 0 Å². The lowest BCUT2D eigenvalue weighted by molar-refractivity contribution is -0.122. The molecule has 1 heteroatoms. The minimum absolute atomic E-state index is 0.413. The van der Waals surface area contributed by atoms with Crippen LogP contribution in [0.4, 0.5) is 0 Å². The molecule has 76 valence electrons. The number of ketones is 1. The fraction of sp³-hybridized carbons (Fsp3) is 0.769. The average Bonchev–Trinajstić information content (AvgIpc) is 2.66. The van der Waals surface area contributed by atoms with Crippen LogP contribution in [0.3, 0.4) is 0 Å². The van der Waals surface area contributed by atoms with E-state index in [2.05, 4.69) is 0 Å². The molecule has 3 aliphatic carbocycles. The van der Waals surface area contributed by atoms with E-state index in [1.165, 1.54) is 50.5 Å². The van der Waals surface area contributed by atoms with E-state index in [0.29, 0.717) is 11.7 Å². The lowest BCUT2D eigenvalue weighted by Gasteiger charge is -2.38. The third-order valence-corrected chi connectivity index (χ3v) is 4.49. The summed E-state index contributed by atoms with van der Waals surface area (Å²) in [6.45, 7) is 0. The molecule has 0 heterocycles. The maximum atomic E-state index is 11.9. The first-order valence-corrected chi connectivity index (χ1v) is 6.10. The molecule has 0 bridgehead atoms. The van der Waals surface area contributed by atoms with E-state index in [4.69, 9.17) is 0 Å². The summed E-state index contributed by atoms with van der Waals surface area (Å²) >= 11 is 0. The van der Waals surface area contributed by atoms with Gasteiger partial charge in [-0.05, 0) is 50.0 Å². The summed E-state index contributed by atoms with van der Waals surface area (Å²) in [5.41, 5.74) is 1.50. The molecule has 3 atom stereocenters. The Labute approximate surface area is 85.6 Å². The number of allylic oxidation sites excluding steroid dienone is 2. The highest BCUT2D eigenvalue weighted by Gasteiger charge is 2.41. The molecule has 0 amide bonds. The maximum absolute atomic E-state index is 11.9. The monoisotopic (exact) mass is 190 g/mol. The molecule has 0 unspecified atom stereocenters. The van der Waals surface area contributed by atoms with Gasteiger partial charge >= 0.3 is 0 Å². The van der Waals surface area contributed by atoms with Crippen molar-refractivity contribution in [3.63, 3.8) is 0 Å². The van der Waals surface area contributed by atoms with Crippen LogP contribution >= 0.6 is 0 Å². The molecular formula is C13H18O. The van der Waals surface area contributed by atoms with Crippen LogP contribution in [0.5, 0.6) is 0 Å². The third-order valence-electron chi connectivity index (χ3n) is 4.49. The smallest absolute Gasteiger partial charge is 0.159 e. The Kier molecular flexibility index (Phi) is 2.00. The van der Waals surface area contributed by atoms with Crippen LogP contribution in [0.25, 0.3) is 0 Å². The van der Waals surface area contributed by atoms with Crippen LogP contribution in [-0.2, 0) is 4.79 Å². The predicted molar refractivity (Wildman–Crippen MR) is 55.9 cm³/mol. The summed E-state index contributed by atoms with van der Waals surface area (Å²) in [5, 5.41) is 0. The number of hydrogen-bond donors (Lipinski definition) is 0. The SMILES string of the molecule is O=C1C=C2CCC[C@H]2[C@@H]2CCCC[C@@H]12. The van der Waals surface area contributed by atoms with Gasteiger partial charge < -0.3 is 0 Å². The van der Waals surface area contributed by atoms with Crippen LogP contribution in [0, 0.1) is 17.8 Å². The summed E-state index contributed by atoms with van der Waals surface area (Å²) in [7, 11) is 0. The first-order chi connectivity index (χ1) is 6.86. The zero-order chi connectivity index (χ0) is 9.54.